The largest absolute Gasteiger partial charge is 0.454 e. The molecular weight excluding hydrogens is 330 g/mol. The van der Waals surface area contributed by atoms with Crippen LogP contribution in [0.5, 0.6) is 11.5 Å². The molecule has 0 saturated heterocycles. The molecule has 1 aliphatic heterocycles. The number of amides is 1. The fourth-order valence-electron chi connectivity index (χ4n) is 2.57. The van der Waals surface area contributed by atoms with Crippen molar-refractivity contribution in [2.45, 2.75) is 12.3 Å². The highest BCUT2D eigenvalue weighted by Crippen LogP contribution is 2.34. The topological polar surface area (TPSA) is 97.4 Å². The number of nitrogens with two attached hydrogens (primary N) is 1. The summed E-state index contributed by atoms with van der Waals surface area (Å²) < 4.78 is 10.7. The number of carbonyl (C=O) groups is 1. The summed E-state index contributed by atoms with van der Waals surface area (Å²) >= 11 is 0. The van der Waals surface area contributed by atoms with Gasteiger partial charge in [-0.2, -0.15) is 0 Å². The summed E-state index contributed by atoms with van der Waals surface area (Å²) in [5, 5.41) is 9.65. The molecule has 0 aromatic heterocycles. The first-order valence-electron chi connectivity index (χ1n) is 7.22. The summed E-state index contributed by atoms with van der Waals surface area (Å²) in [4.78, 5) is 12.4. The summed E-state index contributed by atoms with van der Waals surface area (Å²) in [5.41, 5.74) is 7.10. The van der Waals surface area contributed by atoms with Crippen molar-refractivity contribution in [3.63, 3.8) is 0 Å². The Bertz CT molecular complexity index is 737. The molecule has 0 aliphatic carbocycles. The first kappa shape index (κ1) is 17.6. The van der Waals surface area contributed by atoms with Gasteiger partial charge in [0.05, 0.1) is 5.92 Å². The zero-order valence-electron chi connectivity index (χ0n) is 12.8. The predicted octanol–water partition coefficient (Wildman–Crippen LogP) is 2.17. The van der Waals surface area contributed by atoms with Crippen LogP contribution in [0.25, 0.3) is 0 Å². The SMILES string of the molecule is Cl.N=C(N)NC(=O)C(Cc1ccc2c(c1)OCO2)c1ccccc1. The van der Waals surface area contributed by atoms with Crippen LogP contribution in [0, 0.1) is 5.41 Å². The van der Waals surface area contributed by atoms with E-state index >= 15 is 0 Å². The van der Waals surface area contributed by atoms with Crippen LogP contribution < -0.4 is 20.5 Å². The lowest BCUT2D eigenvalue weighted by Crippen LogP contribution is -2.39. The van der Waals surface area contributed by atoms with E-state index in [2.05, 4.69) is 5.32 Å². The van der Waals surface area contributed by atoms with Crippen molar-refractivity contribution >= 4 is 24.3 Å². The van der Waals surface area contributed by atoms with E-state index in [0.29, 0.717) is 17.9 Å². The second-order valence-electron chi connectivity index (χ2n) is 5.26. The van der Waals surface area contributed by atoms with Crippen molar-refractivity contribution in [1.82, 2.24) is 5.32 Å². The van der Waals surface area contributed by atoms with Gasteiger partial charge < -0.3 is 15.2 Å². The van der Waals surface area contributed by atoms with Gasteiger partial charge >= 0.3 is 0 Å². The Morgan fingerprint density at radius 2 is 1.88 bits per heavy atom. The second-order valence-corrected chi connectivity index (χ2v) is 5.26. The first-order chi connectivity index (χ1) is 11.1. The maximum absolute atomic E-state index is 12.4. The van der Waals surface area contributed by atoms with Crippen molar-refractivity contribution in [2.75, 3.05) is 6.79 Å². The monoisotopic (exact) mass is 347 g/mol. The van der Waals surface area contributed by atoms with Crippen LogP contribution in [-0.4, -0.2) is 18.7 Å². The third-order valence-electron chi connectivity index (χ3n) is 3.65. The number of benzene rings is 2. The Morgan fingerprint density at radius 1 is 1.17 bits per heavy atom. The summed E-state index contributed by atoms with van der Waals surface area (Å²) in [6, 6.07) is 15.0. The van der Waals surface area contributed by atoms with E-state index in [0.717, 1.165) is 11.1 Å². The van der Waals surface area contributed by atoms with Crippen LogP contribution in [0.4, 0.5) is 0 Å². The van der Waals surface area contributed by atoms with Gasteiger partial charge in [-0.3, -0.25) is 15.5 Å². The molecule has 1 amide bonds. The van der Waals surface area contributed by atoms with Crippen LogP contribution in [0.1, 0.15) is 17.0 Å². The molecule has 4 N–H and O–H groups in total. The lowest BCUT2D eigenvalue weighted by molar-refractivity contribution is -0.121. The molecule has 0 radical (unpaired) electrons. The minimum absolute atomic E-state index is 0. The molecule has 126 valence electrons. The van der Waals surface area contributed by atoms with Gasteiger partial charge in [0.25, 0.3) is 0 Å². The number of hydrogen-bond donors (Lipinski definition) is 3. The average Bonchev–Trinajstić information content (AvgIpc) is 3.00. The number of ether oxygens (including phenoxy) is 2. The molecule has 1 unspecified atom stereocenters. The fraction of sp³-hybridized carbons (Fsp3) is 0.176. The van der Waals surface area contributed by atoms with Crippen LogP contribution in [0.15, 0.2) is 48.5 Å². The highest BCUT2D eigenvalue weighted by molar-refractivity contribution is 5.98. The van der Waals surface area contributed by atoms with E-state index in [4.69, 9.17) is 20.6 Å². The second kappa shape index (κ2) is 7.70. The third kappa shape index (κ3) is 3.97. The molecule has 1 heterocycles. The number of guanidine groups is 1. The van der Waals surface area contributed by atoms with Crippen LogP contribution in [-0.2, 0) is 11.2 Å². The van der Waals surface area contributed by atoms with Gasteiger partial charge in [-0.05, 0) is 29.7 Å². The lowest BCUT2D eigenvalue weighted by atomic mass is 9.91. The third-order valence-corrected chi connectivity index (χ3v) is 3.65. The first-order valence-corrected chi connectivity index (χ1v) is 7.22. The molecule has 0 fully saturated rings. The van der Waals surface area contributed by atoms with Gasteiger partial charge in [0.2, 0.25) is 12.7 Å². The molecule has 2 aromatic carbocycles. The van der Waals surface area contributed by atoms with E-state index in [1.165, 1.54) is 0 Å². The normalized spacial score (nSPS) is 12.8. The predicted molar refractivity (Wildman–Crippen MR) is 92.8 cm³/mol. The van der Waals surface area contributed by atoms with Crippen molar-refractivity contribution < 1.29 is 14.3 Å². The summed E-state index contributed by atoms with van der Waals surface area (Å²) in [6.45, 7) is 0.214. The number of hydrogen-bond acceptors (Lipinski definition) is 4. The fourth-order valence-corrected chi connectivity index (χ4v) is 2.57. The molecule has 2 aromatic rings. The number of carbonyl (C=O) groups excluding carboxylic acids is 1. The van der Waals surface area contributed by atoms with Gasteiger partial charge in [-0.25, -0.2) is 0 Å². The van der Waals surface area contributed by atoms with Crippen molar-refractivity contribution in [2.24, 2.45) is 5.73 Å². The molecule has 1 aliphatic rings. The van der Waals surface area contributed by atoms with Gasteiger partial charge in [0, 0.05) is 0 Å². The van der Waals surface area contributed by atoms with E-state index < -0.39 is 5.92 Å². The number of fused-ring (bicyclic) bond motifs is 1. The molecule has 1 atom stereocenters. The maximum atomic E-state index is 12.4. The average molecular weight is 348 g/mol. The molecule has 0 bridgehead atoms. The highest BCUT2D eigenvalue weighted by Gasteiger charge is 2.23. The van der Waals surface area contributed by atoms with E-state index in [1.54, 1.807) is 0 Å². The van der Waals surface area contributed by atoms with Gasteiger partial charge in [-0.15, -0.1) is 12.4 Å². The van der Waals surface area contributed by atoms with Crippen molar-refractivity contribution in [1.29, 1.82) is 5.41 Å². The Labute approximate surface area is 145 Å². The quantitative estimate of drug-likeness (QED) is 0.583. The molecule has 6 nitrogen and oxygen atoms in total. The van der Waals surface area contributed by atoms with Crippen LogP contribution in [0.2, 0.25) is 0 Å². The van der Waals surface area contributed by atoms with Gasteiger partial charge in [-0.1, -0.05) is 36.4 Å². The van der Waals surface area contributed by atoms with E-state index in [-0.39, 0.29) is 31.1 Å². The molecule has 3 rings (SSSR count). The van der Waals surface area contributed by atoms with E-state index in [9.17, 15) is 4.79 Å². The van der Waals surface area contributed by atoms with Gasteiger partial charge in [0.1, 0.15) is 0 Å². The van der Waals surface area contributed by atoms with Crippen molar-refractivity contribution in [3.05, 3.63) is 59.7 Å². The smallest absolute Gasteiger partial charge is 0.234 e. The summed E-state index contributed by atoms with van der Waals surface area (Å²) in [7, 11) is 0. The van der Waals surface area contributed by atoms with Gasteiger partial charge in [0.15, 0.2) is 17.5 Å². The van der Waals surface area contributed by atoms with Crippen LogP contribution in [0.3, 0.4) is 0 Å². The summed E-state index contributed by atoms with van der Waals surface area (Å²) in [6.07, 6.45) is 0.472. The molecule has 0 saturated carbocycles. The Morgan fingerprint density at radius 3 is 2.58 bits per heavy atom. The Hall–Kier alpha value is -2.73. The minimum atomic E-state index is -0.444. The molecule has 7 heteroatoms. The zero-order valence-corrected chi connectivity index (χ0v) is 13.6. The Balaban J connectivity index is 0.00000208. The summed E-state index contributed by atoms with van der Waals surface area (Å²) in [5.74, 6) is 0.281. The molecule has 0 spiro atoms. The number of halogens is 1. The maximum Gasteiger partial charge on any atom is 0.234 e. The highest BCUT2D eigenvalue weighted by atomic mass is 35.5. The van der Waals surface area contributed by atoms with Crippen molar-refractivity contribution in [3.8, 4) is 11.5 Å². The molecular formula is C17H18ClN3O3. The van der Waals surface area contributed by atoms with Crippen LogP contribution >= 0.6 is 12.4 Å². The number of rotatable bonds is 4. The zero-order chi connectivity index (χ0) is 16.2. The minimum Gasteiger partial charge on any atom is -0.454 e. The number of nitrogens with one attached hydrogen (secondary N) is 2. The Kier molecular flexibility index (Phi) is 5.65. The lowest BCUT2D eigenvalue weighted by Gasteiger charge is -2.17. The molecule has 24 heavy (non-hydrogen) atoms. The standard InChI is InChI=1S/C17H17N3O3.ClH/c18-17(19)20-16(21)13(12-4-2-1-3-5-12)8-11-6-7-14-15(9-11)23-10-22-14;/h1-7,9,13H,8,10H2,(H4,18,19,20,21);1H. The van der Waals surface area contributed by atoms with E-state index in [1.807, 2.05) is 48.5 Å².